The molecule has 0 bridgehead atoms. The molecule has 3 atom stereocenters. The van der Waals surface area contributed by atoms with E-state index in [4.69, 9.17) is 4.74 Å². The number of carbonyl (C=O) groups excluding carboxylic acids is 3. The lowest BCUT2D eigenvalue weighted by Gasteiger charge is -2.14. The molecule has 1 aromatic carbocycles. The normalized spacial score (nSPS) is 21.0. The van der Waals surface area contributed by atoms with Gasteiger partial charge in [-0.2, -0.15) is 0 Å². The number of rotatable bonds is 4. The van der Waals surface area contributed by atoms with E-state index < -0.39 is 17.9 Å². The highest BCUT2D eigenvalue weighted by Crippen LogP contribution is 2.38. The van der Waals surface area contributed by atoms with Crippen molar-refractivity contribution in [1.82, 2.24) is 10.9 Å². The van der Waals surface area contributed by atoms with E-state index in [2.05, 4.69) is 10.9 Å². The summed E-state index contributed by atoms with van der Waals surface area (Å²) in [5, 5.41) is 0. The summed E-state index contributed by atoms with van der Waals surface area (Å²) in [6.07, 6.45) is -0.140. The molecule has 2 amide bonds. The van der Waals surface area contributed by atoms with Crippen molar-refractivity contribution in [2.24, 2.45) is 11.8 Å². The Labute approximate surface area is 122 Å². The fourth-order valence-corrected chi connectivity index (χ4v) is 1.85. The highest BCUT2D eigenvalue weighted by molar-refractivity contribution is 5.95. The minimum atomic E-state index is -0.943. The molecule has 2 N–H and O–H groups in total. The molecule has 0 unspecified atom stereocenters. The number of hydrazine groups is 1. The van der Waals surface area contributed by atoms with Gasteiger partial charge in [-0.25, -0.2) is 0 Å². The summed E-state index contributed by atoms with van der Waals surface area (Å²) >= 11 is 0. The van der Waals surface area contributed by atoms with Gasteiger partial charge in [0.15, 0.2) is 6.10 Å². The van der Waals surface area contributed by atoms with Crippen LogP contribution in [0.25, 0.3) is 0 Å². The Bertz CT molecular complexity index is 544. The van der Waals surface area contributed by atoms with Gasteiger partial charge in [0.05, 0.1) is 5.92 Å². The molecule has 0 spiro atoms. The van der Waals surface area contributed by atoms with Gasteiger partial charge >= 0.3 is 5.97 Å². The molecule has 112 valence electrons. The van der Waals surface area contributed by atoms with E-state index in [-0.39, 0.29) is 11.9 Å². The number of amides is 2. The quantitative estimate of drug-likeness (QED) is 0.641. The van der Waals surface area contributed by atoms with Crippen molar-refractivity contribution in [3.05, 3.63) is 35.9 Å². The van der Waals surface area contributed by atoms with Crippen LogP contribution in [0.1, 0.15) is 30.6 Å². The van der Waals surface area contributed by atoms with Gasteiger partial charge in [-0.1, -0.05) is 25.1 Å². The molecule has 2 rings (SSSR count). The van der Waals surface area contributed by atoms with Crippen LogP contribution in [0, 0.1) is 11.8 Å². The van der Waals surface area contributed by atoms with Crippen LogP contribution >= 0.6 is 0 Å². The standard InChI is InChI=1S/C15H18N2O4/c1-9-8-12(9)15(20)21-10(2)13(18)16-17-14(19)11-6-4-3-5-7-11/h3-7,9-10,12H,8H2,1-2H3,(H,16,18)(H,17,19)/t9-,10-,12-/m0/s1. The molecule has 6 nitrogen and oxygen atoms in total. The summed E-state index contributed by atoms with van der Waals surface area (Å²) in [5.41, 5.74) is 4.94. The van der Waals surface area contributed by atoms with Gasteiger partial charge in [0.25, 0.3) is 11.8 Å². The number of ether oxygens (including phenoxy) is 1. The van der Waals surface area contributed by atoms with E-state index in [0.29, 0.717) is 11.5 Å². The van der Waals surface area contributed by atoms with Crippen LogP contribution in [0.15, 0.2) is 30.3 Å². The van der Waals surface area contributed by atoms with Crippen LogP contribution in [0.2, 0.25) is 0 Å². The van der Waals surface area contributed by atoms with Gasteiger partial charge < -0.3 is 4.74 Å². The van der Waals surface area contributed by atoms with Crippen molar-refractivity contribution < 1.29 is 19.1 Å². The average molecular weight is 290 g/mol. The third-order valence-electron chi connectivity index (χ3n) is 3.41. The Balaban J connectivity index is 1.76. The first kappa shape index (κ1) is 15.0. The lowest BCUT2D eigenvalue weighted by molar-refractivity contribution is -0.156. The SMILES string of the molecule is C[C@H](OC(=O)[C@H]1C[C@@H]1C)C(=O)NNC(=O)c1ccccc1. The first-order valence-electron chi connectivity index (χ1n) is 6.84. The maximum absolute atomic E-state index is 11.7. The molecule has 0 saturated heterocycles. The molecule has 1 aliphatic carbocycles. The molecule has 6 heteroatoms. The largest absolute Gasteiger partial charge is 0.452 e. The Morgan fingerprint density at radius 1 is 1.19 bits per heavy atom. The van der Waals surface area contributed by atoms with Gasteiger partial charge in [0, 0.05) is 5.56 Å². The van der Waals surface area contributed by atoms with Crippen molar-refractivity contribution in [2.75, 3.05) is 0 Å². The summed E-state index contributed by atoms with van der Waals surface area (Å²) in [5.74, 6) is -1.14. The van der Waals surface area contributed by atoms with Crippen LogP contribution in [-0.2, 0) is 14.3 Å². The van der Waals surface area contributed by atoms with Gasteiger partial charge in [-0.05, 0) is 31.4 Å². The molecule has 1 aliphatic rings. The molecule has 0 aromatic heterocycles. The van der Waals surface area contributed by atoms with E-state index in [0.717, 1.165) is 6.42 Å². The number of hydrogen-bond donors (Lipinski definition) is 2. The lowest BCUT2D eigenvalue weighted by Crippen LogP contribution is -2.46. The van der Waals surface area contributed by atoms with Crippen LogP contribution in [0.4, 0.5) is 0 Å². The van der Waals surface area contributed by atoms with E-state index >= 15 is 0 Å². The van der Waals surface area contributed by atoms with Crippen molar-refractivity contribution in [3.8, 4) is 0 Å². The zero-order chi connectivity index (χ0) is 15.4. The number of benzene rings is 1. The van der Waals surface area contributed by atoms with Crippen molar-refractivity contribution in [3.63, 3.8) is 0 Å². The Kier molecular flexibility index (Phi) is 4.57. The van der Waals surface area contributed by atoms with Gasteiger partial charge in [-0.3, -0.25) is 25.2 Å². The topological polar surface area (TPSA) is 84.5 Å². The second-order valence-electron chi connectivity index (χ2n) is 5.21. The molecule has 1 aromatic rings. The fraction of sp³-hybridized carbons (Fsp3) is 0.400. The second-order valence-corrected chi connectivity index (χ2v) is 5.21. The third-order valence-corrected chi connectivity index (χ3v) is 3.41. The zero-order valence-electron chi connectivity index (χ0n) is 12.0. The highest BCUT2D eigenvalue weighted by Gasteiger charge is 2.41. The Morgan fingerprint density at radius 2 is 1.81 bits per heavy atom. The van der Waals surface area contributed by atoms with Crippen molar-refractivity contribution in [2.45, 2.75) is 26.4 Å². The molecule has 1 fully saturated rings. The van der Waals surface area contributed by atoms with Gasteiger partial charge in [0.1, 0.15) is 0 Å². The Morgan fingerprint density at radius 3 is 2.38 bits per heavy atom. The number of esters is 1. The minimum Gasteiger partial charge on any atom is -0.452 e. The van der Waals surface area contributed by atoms with E-state index in [1.807, 2.05) is 6.92 Å². The van der Waals surface area contributed by atoms with Gasteiger partial charge in [0.2, 0.25) is 0 Å². The highest BCUT2D eigenvalue weighted by atomic mass is 16.5. The van der Waals surface area contributed by atoms with Crippen molar-refractivity contribution in [1.29, 1.82) is 0 Å². The molecule has 0 radical (unpaired) electrons. The van der Waals surface area contributed by atoms with E-state index in [9.17, 15) is 14.4 Å². The van der Waals surface area contributed by atoms with Crippen LogP contribution in [0.3, 0.4) is 0 Å². The molecule has 0 heterocycles. The predicted octanol–water partition coefficient (Wildman–Crippen LogP) is 1.04. The first-order chi connectivity index (χ1) is 9.99. The monoisotopic (exact) mass is 290 g/mol. The van der Waals surface area contributed by atoms with Crippen LogP contribution in [0.5, 0.6) is 0 Å². The summed E-state index contributed by atoms with van der Waals surface area (Å²) in [4.78, 5) is 35.1. The first-order valence-corrected chi connectivity index (χ1v) is 6.84. The molecular weight excluding hydrogens is 272 g/mol. The summed E-state index contributed by atoms with van der Waals surface area (Å²) in [6, 6.07) is 8.48. The van der Waals surface area contributed by atoms with Crippen LogP contribution < -0.4 is 10.9 Å². The molecular formula is C15H18N2O4. The van der Waals surface area contributed by atoms with Crippen LogP contribution in [-0.4, -0.2) is 23.9 Å². The summed E-state index contributed by atoms with van der Waals surface area (Å²) < 4.78 is 5.04. The number of hydrogen-bond acceptors (Lipinski definition) is 4. The maximum Gasteiger partial charge on any atom is 0.309 e. The molecule has 21 heavy (non-hydrogen) atoms. The van der Waals surface area contributed by atoms with E-state index in [1.165, 1.54) is 6.92 Å². The molecule has 1 saturated carbocycles. The predicted molar refractivity (Wildman–Crippen MR) is 74.9 cm³/mol. The summed E-state index contributed by atoms with van der Waals surface area (Å²) in [7, 11) is 0. The maximum atomic E-state index is 11.7. The Hall–Kier alpha value is -2.37. The minimum absolute atomic E-state index is 0.0980. The third kappa shape index (κ3) is 4.05. The zero-order valence-corrected chi connectivity index (χ0v) is 12.0. The van der Waals surface area contributed by atoms with E-state index in [1.54, 1.807) is 30.3 Å². The fourth-order valence-electron chi connectivity index (χ4n) is 1.85. The van der Waals surface area contributed by atoms with Gasteiger partial charge in [-0.15, -0.1) is 0 Å². The van der Waals surface area contributed by atoms with Crippen molar-refractivity contribution >= 4 is 17.8 Å². The average Bonchev–Trinajstić information content (AvgIpc) is 3.22. The number of nitrogens with one attached hydrogen (secondary N) is 2. The molecule has 0 aliphatic heterocycles. The lowest BCUT2D eigenvalue weighted by atomic mass is 10.2. The second kappa shape index (κ2) is 6.39. The smallest absolute Gasteiger partial charge is 0.309 e. The summed E-state index contributed by atoms with van der Waals surface area (Å²) in [6.45, 7) is 3.42. The number of carbonyl (C=O) groups is 3.